The summed E-state index contributed by atoms with van der Waals surface area (Å²) in [7, 11) is 0. The van der Waals surface area contributed by atoms with Crippen molar-refractivity contribution in [2.75, 3.05) is 18.0 Å². The van der Waals surface area contributed by atoms with Crippen LogP contribution in [0.1, 0.15) is 59.3 Å². The minimum Gasteiger partial charge on any atom is -0.444 e. The van der Waals surface area contributed by atoms with Crippen molar-refractivity contribution in [3.8, 4) is 5.69 Å². The number of nitrogens with one attached hydrogen (secondary N) is 2. The summed E-state index contributed by atoms with van der Waals surface area (Å²) in [5.74, 6) is 0. The maximum absolute atomic E-state index is 12.6. The molecule has 1 aromatic carbocycles. The molecule has 1 aliphatic carbocycles. The molecule has 2 N–H and O–H groups in total. The zero-order valence-corrected chi connectivity index (χ0v) is 19.6. The molecule has 0 radical (unpaired) electrons. The smallest absolute Gasteiger partial charge is 0.407 e. The van der Waals surface area contributed by atoms with Gasteiger partial charge in [0, 0.05) is 36.7 Å². The number of benzene rings is 1. The van der Waals surface area contributed by atoms with E-state index in [-0.39, 0.29) is 18.2 Å². The molecule has 7 heteroatoms. The molecule has 3 atom stereocenters. The fourth-order valence-electron chi connectivity index (χ4n) is 5.01. The van der Waals surface area contributed by atoms with Gasteiger partial charge in [-0.3, -0.25) is 0 Å². The maximum atomic E-state index is 12.6. The number of anilines is 1. The minimum atomic E-state index is -0.496. The van der Waals surface area contributed by atoms with Gasteiger partial charge >= 0.3 is 6.09 Å². The van der Waals surface area contributed by atoms with Gasteiger partial charge in [0.2, 0.25) is 0 Å². The van der Waals surface area contributed by atoms with Gasteiger partial charge in [-0.25, -0.2) is 9.48 Å². The summed E-state index contributed by atoms with van der Waals surface area (Å²) in [6.45, 7) is 7.77. The van der Waals surface area contributed by atoms with Gasteiger partial charge in [0.05, 0.1) is 11.7 Å². The highest BCUT2D eigenvalue weighted by Gasteiger charge is 2.36. The van der Waals surface area contributed by atoms with Crippen LogP contribution in [-0.4, -0.2) is 52.7 Å². The molecule has 32 heavy (non-hydrogen) atoms. The van der Waals surface area contributed by atoms with E-state index in [1.807, 2.05) is 37.7 Å². The van der Waals surface area contributed by atoms with E-state index >= 15 is 0 Å². The maximum Gasteiger partial charge on any atom is 0.407 e. The van der Waals surface area contributed by atoms with E-state index in [9.17, 15) is 4.79 Å². The molecule has 1 aromatic heterocycles. The highest BCUT2D eigenvalue weighted by atomic mass is 16.6. The van der Waals surface area contributed by atoms with Crippen molar-refractivity contribution in [3.05, 3.63) is 42.7 Å². The number of nitrogens with zero attached hydrogens (tertiary/aromatic N) is 3. The Morgan fingerprint density at radius 3 is 2.59 bits per heavy atom. The van der Waals surface area contributed by atoms with Gasteiger partial charge in [-0.05, 0) is 83.3 Å². The second-order valence-corrected chi connectivity index (χ2v) is 9.98. The lowest BCUT2D eigenvalue weighted by atomic mass is 9.87. The van der Waals surface area contributed by atoms with Gasteiger partial charge in [-0.2, -0.15) is 5.10 Å². The van der Waals surface area contributed by atoms with E-state index in [0.717, 1.165) is 44.5 Å². The van der Waals surface area contributed by atoms with E-state index in [2.05, 4.69) is 44.9 Å². The molecule has 174 valence electrons. The number of rotatable bonds is 5. The van der Waals surface area contributed by atoms with Crippen molar-refractivity contribution in [1.29, 1.82) is 0 Å². The summed E-state index contributed by atoms with van der Waals surface area (Å²) in [4.78, 5) is 15.2. The Morgan fingerprint density at radius 2 is 1.94 bits per heavy atom. The number of carbonyl (C=O) groups is 1. The molecule has 0 spiro atoms. The Morgan fingerprint density at radius 1 is 1.16 bits per heavy atom. The van der Waals surface area contributed by atoms with Crippen LogP contribution in [0.25, 0.3) is 5.69 Å². The van der Waals surface area contributed by atoms with Gasteiger partial charge in [0.15, 0.2) is 0 Å². The number of hydrogen-bond acceptors (Lipinski definition) is 5. The standard InChI is InChI=1S/C25H37N5O2/c1-25(2,3)32-24(31)28-22-9-4-5-10-23(22)30(21-8-6-15-26-18-21)20-13-11-19(12-14-20)29-17-7-16-27-29/h7,11-14,16-17,21-23,26H,4-6,8-10,15,18H2,1-3H3,(H,28,31)/t21-,22+,23+/m0/s1. The first-order chi connectivity index (χ1) is 15.4. The topological polar surface area (TPSA) is 71.4 Å². The Kier molecular flexibility index (Phi) is 7.04. The van der Waals surface area contributed by atoms with Gasteiger partial charge < -0.3 is 20.3 Å². The third-order valence-electron chi connectivity index (χ3n) is 6.37. The predicted octanol–water partition coefficient (Wildman–Crippen LogP) is 4.27. The normalized spacial score (nSPS) is 24.0. The molecule has 1 saturated carbocycles. The number of ether oxygens (including phenoxy) is 1. The van der Waals surface area contributed by atoms with Gasteiger partial charge in [0.25, 0.3) is 0 Å². The lowest BCUT2D eigenvalue weighted by molar-refractivity contribution is 0.0483. The molecule has 2 fully saturated rings. The molecule has 4 rings (SSSR count). The summed E-state index contributed by atoms with van der Waals surface area (Å²) >= 11 is 0. The molecule has 2 heterocycles. The summed E-state index contributed by atoms with van der Waals surface area (Å²) in [6, 6.07) is 11.3. The highest BCUT2D eigenvalue weighted by molar-refractivity contribution is 5.68. The zero-order valence-electron chi connectivity index (χ0n) is 19.6. The number of piperidine rings is 1. The van der Waals surface area contributed by atoms with Crippen molar-refractivity contribution in [1.82, 2.24) is 20.4 Å². The van der Waals surface area contributed by atoms with Crippen LogP contribution in [0.15, 0.2) is 42.7 Å². The van der Waals surface area contributed by atoms with Crippen LogP contribution in [0.5, 0.6) is 0 Å². The summed E-state index contributed by atoms with van der Waals surface area (Å²) in [5.41, 5.74) is 1.76. The first-order valence-corrected chi connectivity index (χ1v) is 12.0. The Balaban J connectivity index is 1.59. The van der Waals surface area contributed by atoms with E-state index in [1.165, 1.54) is 18.5 Å². The molecular weight excluding hydrogens is 402 g/mol. The Bertz CT molecular complexity index is 853. The molecule has 1 amide bonds. The second kappa shape index (κ2) is 9.94. The van der Waals surface area contributed by atoms with Crippen LogP contribution in [0, 0.1) is 0 Å². The van der Waals surface area contributed by atoms with Gasteiger partial charge in [0.1, 0.15) is 5.60 Å². The number of carbonyl (C=O) groups excluding carboxylic acids is 1. The van der Waals surface area contributed by atoms with E-state index < -0.39 is 5.60 Å². The number of hydrogen-bond donors (Lipinski definition) is 2. The van der Waals surface area contributed by atoms with E-state index in [4.69, 9.17) is 4.74 Å². The SMILES string of the molecule is CC(C)(C)OC(=O)N[C@@H]1CCCC[C@H]1N(c1ccc(-n2cccn2)cc1)[C@H]1CCCNC1. The van der Waals surface area contributed by atoms with Crippen molar-refractivity contribution in [3.63, 3.8) is 0 Å². The summed E-state index contributed by atoms with van der Waals surface area (Å²) in [5, 5.41) is 11.1. The zero-order chi connectivity index (χ0) is 22.6. The lowest BCUT2D eigenvalue weighted by Crippen LogP contribution is -2.59. The molecule has 0 unspecified atom stereocenters. The molecule has 2 aromatic rings. The van der Waals surface area contributed by atoms with Gasteiger partial charge in [-0.1, -0.05) is 12.8 Å². The minimum absolute atomic E-state index is 0.0753. The summed E-state index contributed by atoms with van der Waals surface area (Å²) < 4.78 is 7.46. The van der Waals surface area contributed by atoms with Gasteiger partial charge in [-0.15, -0.1) is 0 Å². The van der Waals surface area contributed by atoms with Crippen molar-refractivity contribution in [2.45, 2.75) is 83.0 Å². The van der Waals surface area contributed by atoms with Crippen LogP contribution in [0.4, 0.5) is 10.5 Å². The molecule has 2 aliphatic rings. The van der Waals surface area contributed by atoms with E-state index in [0.29, 0.717) is 6.04 Å². The van der Waals surface area contributed by atoms with Crippen molar-refractivity contribution >= 4 is 11.8 Å². The second-order valence-electron chi connectivity index (χ2n) is 9.98. The average molecular weight is 440 g/mol. The molecular formula is C25H37N5O2. The summed E-state index contributed by atoms with van der Waals surface area (Å²) in [6.07, 6.45) is 10.1. The molecule has 1 saturated heterocycles. The number of amides is 1. The van der Waals surface area contributed by atoms with Crippen LogP contribution >= 0.6 is 0 Å². The van der Waals surface area contributed by atoms with Crippen LogP contribution in [0.2, 0.25) is 0 Å². The fraction of sp³-hybridized carbons (Fsp3) is 0.600. The Labute approximate surface area is 191 Å². The largest absolute Gasteiger partial charge is 0.444 e. The first kappa shape index (κ1) is 22.6. The third-order valence-corrected chi connectivity index (χ3v) is 6.37. The highest BCUT2D eigenvalue weighted by Crippen LogP contribution is 2.32. The number of aromatic nitrogens is 2. The van der Waals surface area contributed by atoms with Crippen LogP contribution < -0.4 is 15.5 Å². The van der Waals surface area contributed by atoms with Crippen molar-refractivity contribution < 1.29 is 9.53 Å². The van der Waals surface area contributed by atoms with Crippen molar-refractivity contribution in [2.24, 2.45) is 0 Å². The first-order valence-electron chi connectivity index (χ1n) is 12.0. The van der Waals surface area contributed by atoms with Crippen LogP contribution in [0.3, 0.4) is 0 Å². The lowest BCUT2D eigenvalue weighted by Gasteiger charge is -2.47. The molecule has 1 aliphatic heterocycles. The predicted molar refractivity (Wildman–Crippen MR) is 127 cm³/mol. The number of alkyl carbamates (subject to hydrolysis) is 1. The average Bonchev–Trinajstić information content (AvgIpc) is 3.30. The quantitative estimate of drug-likeness (QED) is 0.728. The van der Waals surface area contributed by atoms with E-state index in [1.54, 1.807) is 6.20 Å². The fourth-order valence-corrected chi connectivity index (χ4v) is 5.01. The monoisotopic (exact) mass is 439 g/mol. The molecule has 7 nitrogen and oxygen atoms in total. The third kappa shape index (κ3) is 5.63. The Hall–Kier alpha value is -2.54. The molecule has 0 bridgehead atoms. The van der Waals surface area contributed by atoms with Crippen LogP contribution in [-0.2, 0) is 4.74 Å².